The van der Waals surface area contributed by atoms with Gasteiger partial charge in [0.25, 0.3) is 0 Å². The summed E-state index contributed by atoms with van der Waals surface area (Å²) in [5.74, 6) is 3.68. The zero-order valence-electron chi connectivity index (χ0n) is 32.3. The summed E-state index contributed by atoms with van der Waals surface area (Å²) < 4.78 is 32.1. The molecule has 8 heterocycles. The van der Waals surface area contributed by atoms with Crippen molar-refractivity contribution in [2.24, 2.45) is 17.8 Å². The van der Waals surface area contributed by atoms with E-state index in [9.17, 15) is 19.2 Å². The van der Waals surface area contributed by atoms with Gasteiger partial charge in [-0.25, -0.2) is 0 Å². The molecular weight excluding hydrogens is 940 g/mol. The Morgan fingerprint density at radius 2 is 1.12 bits per heavy atom. The number of Topliss-reactive ketones (excluding diaryl/α,β-unsaturated/α-hetero) is 4. The third-order valence-electron chi connectivity index (χ3n) is 12.8. The van der Waals surface area contributed by atoms with Crippen molar-refractivity contribution in [3.63, 3.8) is 0 Å². The lowest BCUT2D eigenvalue weighted by Crippen LogP contribution is -2.60. The van der Waals surface area contributed by atoms with Crippen LogP contribution >= 0.6 is 47.8 Å². The molecule has 0 radical (unpaired) electrons. The van der Waals surface area contributed by atoms with Gasteiger partial charge in [-0.05, 0) is 131 Å². The SMILES string of the molecule is CC(=O)c1cc(Br)ccc1O.O=C1CC2(CC3CCC2OC3)Oc2ccc(Br)cc21.O=C1CC2(CC3CCC2OC3)Oc2ccc(Br)cc21.O=C1CC2CCC1OC2. The van der Waals surface area contributed by atoms with Crippen molar-refractivity contribution in [3.05, 3.63) is 84.7 Å². The Bertz CT molecular complexity index is 1980. The lowest BCUT2D eigenvalue weighted by Gasteiger charge is -2.52. The molecule has 2 spiro atoms. The molecule has 3 aromatic carbocycles. The van der Waals surface area contributed by atoms with Crippen LogP contribution in [0.15, 0.2) is 68.0 Å². The average molecular weight is 988 g/mol. The number of halogens is 3. The van der Waals surface area contributed by atoms with Gasteiger partial charge in [-0.1, -0.05) is 47.8 Å². The molecule has 14 rings (SSSR count). The summed E-state index contributed by atoms with van der Waals surface area (Å²) in [6.07, 6.45) is 10.4. The summed E-state index contributed by atoms with van der Waals surface area (Å²) in [5.41, 5.74) is 0.931. The number of phenolic OH excluding ortho intramolecular Hbond substituents is 1. The van der Waals surface area contributed by atoms with Crippen molar-refractivity contribution in [2.75, 3.05) is 19.8 Å². The highest BCUT2D eigenvalue weighted by molar-refractivity contribution is 9.11. The number of carbonyl (C=O) groups is 4. The minimum absolute atomic E-state index is 0.0185. The summed E-state index contributed by atoms with van der Waals surface area (Å²) in [4.78, 5) is 46.6. The van der Waals surface area contributed by atoms with Crippen LogP contribution < -0.4 is 9.47 Å². The van der Waals surface area contributed by atoms with Crippen molar-refractivity contribution in [1.82, 2.24) is 0 Å². The van der Waals surface area contributed by atoms with E-state index in [1.54, 1.807) is 12.1 Å². The van der Waals surface area contributed by atoms with Crippen molar-refractivity contribution < 1.29 is 48.0 Å². The number of hydrogen-bond acceptors (Lipinski definition) is 10. The lowest BCUT2D eigenvalue weighted by atomic mass is 9.70. The van der Waals surface area contributed by atoms with E-state index in [4.69, 9.17) is 28.8 Å². The smallest absolute Gasteiger partial charge is 0.170 e. The third-order valence-corrected chi connectivity index (χ3v) is 14.2. The number of ketones is 4. The molecule has 3 aromatic rings. The molecule has 6 bridgehead atoms. The quantitative estimate of drug-likeness (QED) is 0.235. The minimum Gasteiger partial charge on any atom is -0.507 e. The highest BCUT2D eigenvalue weighted by Crippen LogP contribution is 2.50. The first-order valence-electron chi connectivity index (χ1n) is 20.2. The number of fused-ring (bicyclic) bond motifs is 9. The van der Waals surface area contributed by atoms with Gasteiger partial charge < -0.3 is 28.8 Å². The molecule has 8 aliphatic heterocycles. The fourth-order valence-electron chi connectivity index (χ4n) is 9.88. The molecule has 9 fully saturated rings. The van der Waals surface area contributed by atoms with E-state index in [-0.39, 0.29) is 41.4 Å². The van der Waals surface area contributed by atoms with Crippen LogP contribution in [0.3, 0.4) is 0 Å². The van der Waals surface area contributed by atoms with Gasteiger partial charge in [0.1, 0.15) is 34.6 Å². The predicted molar refractivity (Wildman–Crippen MR) is 225 cm³/mol. The molecule has 13 heteroatoms. The first-order valence-corrected chi connectivity index (χ1v) is 22.6. The fraction of sp³-hybridized carbons (Fsp3) is 0.511. The van der Waals surface area contributed by atoms with E-state index < -0.39 is 11.2 Å². The van der Waals surface area contributed by atoms with Gasteiger partial charge in [-0.15, -0.1) is 0 Å². The summed E-state index contributed by atoms with van der Waals surface area (Å²) in [6.45, 7) is 3.91. The van der Waals surface area contributed by atoms with E-state index in [2.05, 4.69) is 47.8 Å². The van der Waals surface area contributed by atoms with Gasteiger partial charge in [0.2, 0.25) is 0 Å². The number of rotatable bonds is 1. The fourth-order valence-corrected chi connectivity index (χ4v) is 11.0. The Morgan fingerprint density at radius 1 is 0.638 bits per heavy atom. The van der Waals surface area contributed by atoms with Gasteiger partial charge in [0.05, 0.1) is 61.6 Å². The highest BCUT2D eigenvalue weighted by Gasteiger charge is 2.55. The Balaban J connectivity index is 0.000000113. The zero-order valence-corrected chi connectivity index (χ0v) is 37.1. The highest BCUT2D eigenvalue weighted by atomic mass is 79.9. The van der Waals surface area contributed by atoms with Crippen molar-refractivity contribution in [1.29, 1.82) is 0 Å². The number of aromatic hydroxyl groups is 1. The summed E-state index contributed by atoms with van der Waals surface area (Å²) in [6, 6.07) is 16.1. The van der Waals surface area contributed by atoms with E-state index in [0.717, 1.165) is 83.3 Å². The van der Waals surface area contributed by atoms with E-state index >= 15 is 0 Å². The van der Waals surface area contributed by atoms with Crippen LogP contribution in [0.25, 0.3) is 0 Å². The Morgan fingerprint density at radius 3 is 1.47 bits per heavy atom. The van der Waals surface area contributed by atoms with Crippen LogP contribution in [-0.2, 0) is 19.0 Å². The first-order chi connectivity index (χ1) is 27.8. The van der Waals surface area contributed by atoms with Gasteiger partial charge in [-0.2, -0.15) is 0 Å². The van der Waals surface area contributed by atoms with E-state index in [1.165, 1.54) is 32.3 Å². The molecular formula is C45H47Br3O10. The van der Waals surface area contributed by atoms with Crippen LogP contribution in [-0.4, -0.2) is 77.6 Å². The van der Waals surface area contributed by atoms with E-state index in [1.807, 2.05) is 36.4 Å². The minimum atomic E-state index is -0.404. The Kier molecular flexibility index (Phi) is 12.4. The van der Waals surface area contributed by atoms with Gasteiger partial charge >= 0.3 is 0 Å². The molecule has 0 aromatic heterocycles. The van der Waals surface area contributed by atoms with E-state index in [0.29, 0.717) is 53.1 Å². The molecule has 8 unspecified atom stereocenters. The number of hydrogen-bond donors (Lipinski definition) is 1. The largest absolute Gasteiger partial charge is 0.507 e. The molecule has 6 saturated heterocycles. The molecule has 10 nitrogen and oxygen atoms in total. The number of phenols is 1. The number of benzene rings is 3. The zero-order chi connectivity index (χ0) is 40.8. The van der Waals surface area contributed by atoms with Crippen molar-refractivity contribution in [3.8, 4) is 17.2 Å². The second-order valence-electron chi connectivity index (χ2n) is 16.9. The summed E-state index contributed by atoms with van der Waals surface area (Å²) in [7, 11) is 0. The second-order valence-corrected chi connectivity index (χ2v) is 19.7. The van der Waals surface area contributed by atoms with Gasteiger partial charge in [0.15, 0.2) is 23.1 Å². The predicted octanol–water partition coefficient (Wildman–Crippen LogP) is 9.82. The standard InChI is InChI=1S/2C15H15BrO3.C8H7BrO2.C7H10O2/c2*16-10-2-3-13-11(5-10)12(17)7-15(19-13)6-9-1-4-14(15)18-8-9;1-5(10)7-4-6(9)2-3-8(7)11;8-6-3-5-1-2-7(6)9-4-5/h2*2-3,5,9,14H,1,4,6-8H2;2-4,11H,1H3;5,7H,1-4H2. The average Bonchev–Trinajstić information content (AvgIpc) is 3.21. The molecule has 308 valence electrons. The molecule has 11 aliphatic rings. The van der Waals surface area contributed by atoms with Crippen molar-refractivity contribution >= 4 is 70.9 Å². The Hall–Kier alpha value is -2.94. The maximum atomic E-state index is 12.4. The number of carbonyl (C=O) groups excluding carboxylic acids is 4. The molecule has 1 N–H and O–H groups in total. The van der Waals surface area contributed by atoms with Crippen LogP contribution in [0.1, 0.15) is 109 Å². The second kappa shape index (κ2) is 17.2. The van der Waals surface area contributed by atoms with Crippen LogP contribution in [0.2, 0.25) is 0 Å². The number of ether oxygens (including phenoxy) is 5. The first kappa shape index (κ1) is 41.8. The molecule has 8 atom stereocenters. The van der Waals surface area contributed by atoms with Crippen molar-refractivity contribution in [2.45, 2.75) is 107 Å². The van der Waals surface area contributed by atoms with Gasteiger partial charge in [0, 0.05) is 19.8 Å². The lowest BCUT2D eigenvalue weighted by molar-refractivity contribution is -0.183. The third kappa shape index (κ3) is 8.77. The maximum absolute atomic E-state index is 12.4. The van der Waals surface area contributed by atoms with Gasteiger partial charge in [-0.3, -0.25) is 19.2 Å². The summed E-state index contributed by atoms with van der Waals surface area (Å²) >= 11 is 10.0. The molecule has 3 saturated carbocycles. The monoisotopic (exact) mass is 984 g/mol. The van der Waals surface area contributed by atoms with Crippen LogP contribution in [0.5, 0.6) is 17.2 Å². The maximum Gasteiger partial charge on any atom is 0.170 e. The van der Waals surface area contributed by atoms with Crippen LogP contribution in [0, 0.1) is 17.8 Å². The molecule has 3 aliphatic carbocycles. The normalized spacial score (nSPS) is 32.0. The topological polar surface area (TPSA) is 135 Å². The molecule has 58 heavy (non-hydrogen) atoms. The Labute approximate surface area is 363 Å². The molecule has 0 amide bonds. The van der Waals surface area contributed by atoms with Crippen LogP contribution in [0.4, 0.5) is 0 Å². The summed E-state index contributed by atoms with van der Waals surface area (Å²) in [5, 5.41) is 9.16.